The molecular formula is C11H20N2. The van der Waals surface area contributed by atoms with Gasteiger partial charge < -0.3 is 11.5 Å². The molecule has 0 saturated heterocycles. The third kappa shape index (κ3) is 7.50. The van der Waals surface area contributed by atoms with E-state index in [1.54, 1.807) is 0 Å². The highest BCUT2D eigenvalue weighted by Gasteiger charge is 1.94. The van der Waals surface area contributed by atoms with Crippen molar-refractivity contribution in [3.05, 3.63) is 35.9 Å². The molecular weight excluding hydrogens is 160 g/mol. The zero-order valence-electron chi connectivity index (χ0n) is 8.53. The molecule has 0 aliphatic carbocycles. The molecule has 0 fully saturated rings. The number of rotatable bonds is 2. The molecule has 4 N–H and O–H groups in total. The Morgan fingerprint density at radius 2 is 1.69 bits per heavy atom. The van der Waals surface area contributed by atoms with Gasteiger partial charge in [-0.05, 0) is 25.5 Å². The van der Waals surface area contributed by atoms with Gasteiger partial charge in [-0.25, -0.2) is 0 Å². The second-order valence-electron chi connectivity index (χ2n) is 3.08. The van der Waals surface area contributed by atoms with Crippen LogP contribution in [0.5, 0.6) is 0 Å². The smallest absolute Gasteiger partial charge is 0.00509 e. The fourth-order valence-electron chi connectivity index (χ4n) is 0.986. The molecule has 0 bridgehead atoms. The molecule has 1 rings (SSSR count). The minimum atomic E-state index is 0.266. The molecule has 2 heteroatoms. The van der Waals surface area contributed by atoms with E-state index < -0.39 is 0 Å². The largest absolute Gasteiger partial charge is 0.331 e. The van der Waals surface area contributed by atoms with Gasteiger partial charge >= 0.3 is 0 Å². The van der Waals surface area contributed by atoms with Crippen LogP contribution in [0.2, 0.25) is 0 Å². The normalized spacial score (nSPS) is 11.4. The quantitative estimate of drug-likeness (QED) is 0.725. The Morgan fingerprint density at radius 1 is 1.23 bits per heavy atom. The van der Waals surface area contributed by atoms with Gasteiger partial charge in [0.25, 0.3) is 0 Å². The summed E-state index contributed by atoms with van der Waals surface area (Å²) in [7, 11) is 0. The number of nitrogens with two attached hydrogens (primary N) is 2. The molecule has 74 valence electrons. The molecule has 0 aliphatic heterocycles. The van der Waals surface area contributed by atoms with Crippen molar-refractivity contribution in [2.24, 2.45) is 11.5 Å². The highest BCUT2D eigenvalue weighted by Crippen LogP contribution is 2.00. The highest BCUT2D eigenvalue weighted by atomic mass is 14.6. The maximum absolute atomic E-state index is 5.62. The Hall–Kier alpha value is -0.860. The Labute approximate surface area is 80.9 Å². The summed E-state index contributed by atoms with van der Waals surface area (Å²) in [4.78, 5) is 0. The summed E-state index contributed by atoms with van der Waals surface area (Å²) in [5.74, 6) is 0. The van der Waals surface area contributed by atoms with Crippen LogP contribution in [0, 0.1) is 0 Å². The summed E-state index contributed by atoms with van der Waals surface area (Å²) in [6.45, 7) is 4.67. The molecule has 0 heterocycles. The van der Waals surface area contributed by atoms with Gasteiger partial charge in [0.15, 0.2) is 0 Å². The Balaban J connectivity index is 0.000000424. The second kappa shape index (κ2) is 7.77. The van der Waals surface area contributed by atoms with E-state index in [-0.39, 0.29) is 6.04 Å². The van der Waals surface area contributed by atoms with E-state index >= 15 is 0 Å². The Bertz CT molecular complexity index is 195. The Kier molecular flexibility index (Phi) is 7.26. The van der Waals surface area contributed by atoms with Gasteiger partial charge in [-0.1, -0.05) is 37.3 Å². The van der Waals surface area contributed by atoms with Gasteiger partial charge in [-0.2, -0.15) is 0 Å². The van der Waals surface area contributed by atoms with Crippen LogP contribution >= 0.6 is 0 Å². The molecule has 0 aliphatic rings. The SMILES string of the molecule is CC(N)Cc1ccccc1.CCN. The van der Waals surface area contributed by atoms with Gasteiger partial charge in [0.2, 0.25) is 0 Å². The fraction of sp³-hybridized carbons (Fsp3) is 0.455. The molecule has 1 atom stereocenters. The summed E-state index contributed by atoms with van der Waals surface area (Å²) in [5, 5.41) is 0. The first-order valence-electron chi connectivity index (χ1n) is 4.70. The molecule has 0 aromatic heterocycles. The van der Waals surface area contributed by atoms with Gasteiger partial charge in [0.05, 0.1) is 0 Å². The zero-order valence-corrected chi connectivity index (χ0v) is 8.53. The standard InChI is InChI=1S/C9H13N.C2H7N/c1-8(10)7-9-5-3-2-4-6-9;1-2-3/h2-6,8H,7,10H2,1H3;2-3H2,1H3. The first-order chi connectivity index (χ1) is 6.20. The van der Waals surface area contributed by atoms with E-state index in [2.05, 4.69) is 12.1 Å². The van der Waals surface area contributed by atoms with E-state index in [9.17, 15) is 0 Å². The van der Waals surface area contributed by atoms with Crippen molar-refractivity contribution >= 4 is 0 Å². The lowest BCUT2D eigenvalue weighted by Gasteiger charge is -2.02. The van der Waals surface area contributed by atoms with Crippen molar-refractivity contribution in [2.75, 3.05) is 6.54 Å². The third-order valence-electron chi connectivity index (χ3n) is 1.40. The van der Waals surface area contributed by atoms with Crippen molar-refractivity contribution in [2.45, 2.75) is 26.3 Å². The predicted molar refractivity (Wildman–Crippen MR) is 58.5 cm³/mol. The molecule has 2 nitrogen and oxygen atoms in total. The molecule has 0 amide bonds. The lowest BCUT2D eigenvalue weighted by Crippen LogP contribution is -2.17. The van der Waals surface area contributed by atoms with E-state index in [4.69, 9.17) is 11.5 Å². The first kappa shape index (κ1) is 12.1. The van der Waals surface area contributed by atoms with Crippen molar-refractivity contribution in [1.29, 1.82) is 0 Å². The van der Waals surface area contributed by atoms with Crippen molar-refractivity contribution in [1.82, 2.24) is 0 Å². The van der Waals surface area contributed by atoms with E-state index in [0.29, 0.717) is 0 Å². The van der Waals surface area contributed by atoms with Crippen LogP contribution < -0.4 is 11.5 Å². The van der Waals surface area contributed by atoms with Crippen LogP contribution in [0.1, 0.15) is 19.4 Å². The van der Waals surface area contributed by atoms with Gasteiger partial charge in [-0.3, -0.25) is 0 Å². The monoisotopic (exact) mass is 180 g/mol. The van der Waals surface area contributed by atoms with Crippen LogP contribution in [-0.2, 0) is 6.42 Å². The number of hydrogen-bond donors (Lipinski definition) is 2. The van der Waals surface area contributed by atoms with Gasteiger partial charge in [-0.15, -0.1) is 0 Å². The summed E-state index contributed by atoms with van der Waals surface area (Å²) in [6.07, 6.45) is 0.973. The third-order valence-corrected chi connectivity index (χ3v) is 1.40. The maximum Gasteiger partial charge on any atom is 0.00509 e. The molecule has 0 spiro atoms. The fourth-order valence-corrected chi connectivity index (χ4v) is 0.986. The van der Waals surface area contributed by atoms with E-state index in [1.165, 1.54) is 5.56 Å². The minimum Gasteiger partial charge on any atom is -0.331 e. The molecule has 13 heavy (non-hydrogen) atoms. The minimum absolute atomic E-state index is 0.266. The second-order valence-corrected chi connectivity index (χ2v) is 3.08. The van der Waals surface area contributed by atoms with Crippen molar-refractivity contribution < 1.29 is 0 Å². The first-order valence-corrected chi connectivity index (χ1v) is 4.70. The predicted octanol–water partition coefficient (Wildman–Crippen LogP) is 1.54. The molecule has 0 saturated carbocycles. The molecule has 1 aromatic rings. The lowest BCUT2D eigenvalue weighted by atomic mass is 10.1. The van der Waals surface area contributed by atoms with Crippen LogP contribution in [0.3, 0.4) is 0 Å². The molecule has 1 unspecified atom stereocenters. The number of benzene rings is 1. The van der Waals surface area contributed by atoms with Crippen LogP contribution in [0.15, 0.2) is 30.3 Å². The highest BCUT2D eigenvalue weighted by molar-refractivity contribution is 5.15. The number of hydrogen-bond acceptors (Lipinski definition) is 2. The Morgan fingerprint density at radius 3 is 2.08 bits per heavy atom. The summed E-state index contributed by atoms with van der Waals surface area (Å²) >= 11 is 0. The van der Waals surface area contributed by atoms with Crippen LogP contribution in [0.4, 0.5) is 0 Å². The average molecular weight is 180 g/mol. The van der Waals surface area contributed by atoms with Crippen LogP contribution in [0.25, 0.3) is 0 Å². The van der Waals surface area contributed by atoms with E-state index in [1.807, 2.05) is 32.0 Å². The summed E-state index contributed by atoms with van der Waals surface area (Å²) in [6, 6.07) is 10.6. The van der Waals surface area contributed by atoms with Crippen LogP contribution in [-0.4, -0.2) is 12.6 Å². The molecule has 1 aromatic carbocycles. The average Bonchev–Trinajstić information content (AvgIpc) is 2.06. The molecule has 0 radical (unpaired) electrons. The van der Waals surface area contributed by atoms with Gasteiger partial charge in [0.1, 0.15) is 0 Å². The van der Waals surface area contributed by atoms with Crippen molar-refractivity contribution in [3.63, 3.8) is 0 Å². The van der Waals surface area contributed by atoms with Gasteiger partial charge in [0, 0.05) is 6.04 Å². The van der Waals surface area contributed by atoms with Crippen molar-refractivity contribution in [3.8, 4) is 0 Å². The summed E-state index contributed by atoms with van der Waals surface area (Å²) in [5.41, 5.74) is 11.8. The zero-order chi connectivity index (χ0) is 10.1. The lowest BCUT2D eigenvalue weighted by molar-refractivity contribution is 0.738. The topological polar surface area (TPSA) is 52.0 Å². The maximum atomic E-state index is 5.62. The summed E-state index contributed by atoms with van der Waals surface area (Å²) < 4.78 is 0. The van der Waals surface area contributed by atoms with E-state index in [0.717, 1.165) is 13.0 Å².